The van der Waals surface area contributed by atoms with Gasteiger partial charge in [0.25, 0.3) is 0 Å². The van der Waals surface area contributed by atoms with Gasteiger partial charge in [0.15, 0.2) is 0 Å². The third-order valence-electron chi connectivity index (χ3n) is 5.66. The van der Waals surface area contributed by atoms with E-state index in [2.05, 4.69) is 18.7 Å². The van der Waals surface area contributed by atoms with Crippen molar-refractivity contribution in [1.29, 1.82) is 0 Å². The van der Waals surface area contributed by atoms with Crippen LogP contribution in [0, 0.1) is 17.8 Å². The zero-order valence-electron chi connectivity index (χ0n) is 13.8. The van der Waals surface area contributed by atoms with Gasteiger partial charge in [-0.3, -0.25) is 4.79 Å². The van der Waals surface area contributed by atoms with Crippen LogP contribution in [0.1, 0.15) is 71.6 Å². The molecule has 0 radical (unpaired) electrons. The summed E-state index contributed by atoms with van der Waals surface area (Å²) < 4.78 is 0. The molecule has 0 spiro atoms. The lowest BCUT2D eigenvalue weighted by molar-refractivity contribution is -0.138. The molecule has 0 N–H and O–H groups in total. The molecule has 0 aromatic rings. The second-order valence-electron chi connectivity index (χ2n) is 7.20. The lowest BCUT2D eigenvalue weighted by Gasteiger charge is -2.37. The normalized spacial score (nSPS) is 29.4. The smallest absolute Gasteiger partial charge is 0.225 e. The quantitative estimate of drug-likeness (QED) is 0.664. The number of hydrogen-bond acceptors (Lipinski definition) is 1. The summed E-state index contributed by atoms with van der Waals surface area (Å²) in [5.74, 6) is 2.23. The number of piperidine rings is 1. The zero-order valence-corrected chi connectivity index (χ0v) is 14.6. The fourth-order valence-electron chi connectivity index (χ4n) is 4.03. The number of carbonyl (C=O) groups is 1. The van der Waals surface area contributed by atoms with E-state index in [0.717, 1.165) is 44.7 Å². The fraction of sp³-hybridized carbons (Fsp3) is 0.944. The molecule has 1 saturated carbocycles. The fourth-order valence-corrected chi connectivity index (χ4v) is 4.28. The number of alkyl halides is 1. The predicted octanol–water partition coefficient (Wildman–Crippen LogP) is 4.85. The third kappa shape index (κ3) is 4.87. The summed E-state index contributed by atoms with van der Waals surface area (Å²) in [6.45, 7) is 6.20. The maximum Gasteiger partial charge on any atom is 0.225 e. The Morgan fingerprint density at radius 1 is 1.14 bits per heavy atom. The zero-order chi connectivity index (χ0) is 15.2. The van der Waals surface area contributed by atoms with E-state index in [0.29, 0.717) is 17.7 Å². The molecule has 0 aromatic heterocycles. The van der Waals surface area contributed by atoms with Crippen molar-refractivity contribution in [2.75, 3.05) is 13.1 Å². The van der Waals surface area contributed by atoms with Gasteiger partial charge in [0.2, 0.25) is 5.91 Å². The van der Waals surface area contributed by atoms with Crippen LogP contribution < -0.4 is 0 Å². The van der Waals surface area contributed by atoms with Crippen LogP contribution in [0.25, 0.3) is 0 Å². The van der Waals surface area contributed by atoms with Crippen LogP contribution in [0.5, 0.6) is 0 Å². The molecule has 0 bridgehead atoms. The van der Waals surface area contributed by atoms with Crippen LogP contribution in [0.15, 0.2) is 0 Å². The number of amides is 1. The van der Waals surface area contributed by atoms with Gasteiger partial charge in [0.05, 0.1) is 0 Å². The van der Waals surface area contributed by atoms with Gasteiger partial charge in [-0.05, 0) is 57.3 Å². The highest BCUT2D eigenvalue weighted by molar-refractivity contribution is 6.20. The number of unbranched alkanes of at least 4 members (excludes halogenated alkanes) is 1. The summed E-state index contributed by atoms with van der Waals surface area (Å²) in [6, 6.07) is 0. The van der Waals surface area contributed by atoms with Gasteiger partial charge in [-0.25, -0.2) is 0 Å². The molecule has 122 valence electrons. The van der Waals surface area contributed by atoms with E-state index in [1.54, 1.807) is 0 Å². The molecule has 2 nitrogen and oxygen atoms in total. The van der Waals surface area contributed by atoms with E-state index in [4.69, 9.17) is 11.6 Å². The van der Waals surface area contributed by atoms with Crippen LogP contribution in [-0.2, 0) is 4.79 Å². The van der Waals surface area contributed by atoms with Gasteiger partial charge in [-0.1, -0.05) is 26.2 Å². The molecule has 1 amide bonds. The summed E-state index contributed by atoms with van der Waals surface area (Å²) in [6.07, 6.45) is 11.0. The highest BCUT2D eigenvalue weighted by Gasteiger charge is 2.32. The number of hydrogen-bond donors (Lipinski definition) is 0. The average molecular weight is 314 g/mol. The Hall–Kier alpha value is -0.240. The van der Waals surface area contributed by atoms with E-state index in [9.17, 15) is 4.79 Å². The van der Waals surface area contributed by atoms with Crippen molar-refractivity contribution in [3.05, 3.63) is 0 Å². The van der Waals surface area contributed by atoms with E-state index in [1.165, 1.54) is 32.1 Å². The molecule has 2 fully saturated rings. The molecule has 2 rings (SSSR count). The summed E-state index contributed by atoms with van der Waals surface area (Å²) >= 11 is 6.19. The van der Waals surface area contributed by atoms with Crippen LogP contribution in [-0.4, -0.2) is 29.3 Å². The lowest BCUT2D eigenvalue weighted by atomic mass is 9.79. The molecule has 1 atom stereocenters. The van der Waals surface area contributed by atoms with E-state index in [-0.39, 0.29) is 5.38 Å². The summed E-state index contributed by atoms with van der Waals surface area (Å²) in [5.41, 5.74) is 0. The first kappa shape index (κ1) is 17.1. The maximum absolute atomic E-state index is 12.6. The SMILES string of the molecule is CCCCC1CCC(C(=O)N2CCC(C(C)Cl)CC2)CC1. The minimum Gasteiger partial charge on any atom is -0.342 e. The second-order valence-corrected chi connectivity index (χ2v) is 7.89. The van der Waals surface area contributed by atoms with Crippen molar-refractivity contribution >= 4 is 17.5 Å². The monoisotopic (exact) mass is 313 g/mol. The Bertz CT molecular complexity index is 315. The predicted molar refractivity (Wildman–Crippen MR) is 89.6 cm³/mol. The number of rotatable bonds is 5. The van der Waals surface area contributed by atoms with Crippen molar-refractivity contribution in [1.82, 2.24) is 4.90 Å². The van der Waals surface area contributed by atoms with Crippen LogP contribution in [0.2, 0.25) is 0 Å². The van der Waals surface area contributed by atoms with Crippen molar-refractivity contribution in [3.63, 3.8) is 0 Å². The molecule has 0 aromatic carbocycles. The van der Waals surface area contributed by atoms with Crippen LogP contribution in [0.4, 0.5) is 0 Å². The topological polar surface area (TPSA) is 20.3 Å². The summed E-state index contributed by atoms with van der Waals surface area (Å²) in [4.78, 5) is 14.8. The number of nitrogens with zero attached hydrogens (tertiary/aromatic N) is 1. The first-order chi connectivity index (χ1) is 10.1. The highest BCUT2D eigenvalue weighted by atomic mass is 35.5. The molecule has 3 heteroatoms. The van der Waals surface area contributed by atoms with E-state index < -0.39 is 0 Å². The minimum atomic E-state index is 0.247. The molecule has 1 unspecified atom stereocenters. The first-order valence-corrected chi connectivity index (χ1v) is 9.48. The number of likely N-dealkylation sites (tertiary alicyclic amines) is 1. The Kier molecular flexibility index (Phi) is 6.85. The molecular weight excluding hydrogens is 282 g/mol. The number of halogens is 1. The van der Waals surface area contributed by atoms with Crippen molar-refractivity contribution in [3.8, 4) is 0 Å². The van der Waals surface area contributed by atoms with Gasteiger partial charge >= 0.3 is 0 Å². The first-order valence-electron chi connectivity index (χ1n) is 9.04. The van der Waals surface area contributed by atoms with Gasteiger partial charge in [0.1, 0.15) is 0 Å². The van der Waals surface area contributed by atoms with Crippen molar-refractivity contribution < 1.29 is 4.79 Å². The highest BCUT2D eigenvalue weighted by Crippen LogP contribution is 2.34. The molecule has 21 heavy (non-hydrogen) atoms. The lowest BCUT2D eigenvalue weighted by Crippen LogP contribution is -2.43. The summed E-state index contributed by atoms with van der Waals surface area (Å²) in [5, 5.41) is 0.247. The van der Waals surface area contributed by atoms with Gasteiger partial charge in [-0.15, -0.1) is 11.6 Å². The Labute approximate surface area is 135 Å². The molecular formula is C18H32ClNO. The average Bonchev–Trinajstić information content (AvgIpc) is 2.53. The largest absolute Gasteiger partial charge is 0.342 e. The molecule has 1 saturated heterocycles. The molecule has 2 aliphatic rings. The van der Waals surface area contributed by atoms with Crippen molar-refractivity contribution in [2.45, 2.75) is 77.0 Å². The minimum absolute atomic E-state index is 0.247. The van der Waals surface area contributed by atoms with E-state index >= 15 is 0 Å². The molecule has 1 aliphatic heterocycles. The third-order valence-corrected chi connectivity index (χ3v) is 6.02. The number of carbonyl (C=O) groups excluding carboxylic acids is 1. The second kappa shape index (κ2) is 8.41. The Morgan fingerprint density at radius 3 is 2.29 bits per heavy atom. The molecule has 1 heterocycles. The van der Waals surface area contributed by atoms with E-state index in [1.807, 2.05) is 0 Å². The van der Waals surface area contributed by atoms with Gasteiger partial charge in [-0.2, -0.15) is 0 Å². The van der Waals surface area contributed by atoms with Gasteiger partial charge < -0.3 is 4.90 Å². The Morgan fingerprint density at radius 2 is 1.76 bits per heavy atom. The standard InChI is InChI=1S/C18H32ClNO/c1-3-4-5-15-6-8-17(9-7-15)18(21)20-12-10-16(11-13-20)14(2)19/h14-17H,3-13H2,1-2H3. The van der Waals surface area contributed by atoms with Crippen LogP contribution in [0.3, 0.4) is 0 Å². The van der Waals surface area contributed by atoms with Gasteiger partial charge in [0, 0.05) is 24.4 Å². The Balaban J connectivity index is 1.73. The molecule has 1 aliphatic carbocycles. The maximum atomic E-state index is 12.6. The van der Waals surface area contributed by atoms with Crippen molar-refractivity contribution in [2.24, 2.45) is 17.8 Å². The summed E-state index contributed by atoms with van der Waals surface area (Å²) in [7, 11) is 0. The van der Waals surface area contributed by atoms with Crippen LogP contribution >= 0.6 is 11.6 Å².